The van der Waals surface area contributed by atoms with Crippen LogP contribution in [0.2, 0.25) is 0 Å². The first-order valence-electron chi connectivity index (χ1n) is 5.86. The molecule has 0 aliphatic heterocycles. The maximum absolute atomic E-state index is 12.3. The smallest absolute Gasteiger partial charge is 0.340 e. The van der Waals surface area contributed by atoms with Crippen molar-refractivity contribution in [1.29, 1.82) is 0 Å². The molecule has 0 saturated heterocycles. The second-order valence-corrected chi connectivity index (χ2v) is 6.58. The Hall–Kier alpha value is -1.59. The molecule has 2 aromatic carbocycles. The lowest BCUT2D eigenvalue weighted by molar-refractivity contribution is 0.485. The first-order valence-corrected chi connectivity index (χ1v) is 8.06. The van der Waals surface area contributed by atoms with Crippen LogP contribution in [0.3, 0.4) is 0 Å². The van der Waals surface area contributed by atoms with Gasteiger partial charge in [0.05, 0.1) is 0 Å². The molecule has 5 heteroatoms. The van der Waals surface area contributed by atoms with Crippen molar-refractivity contribution in [3.63, 3.8) is 0 Å². The highest BCUT2D eigenvalue weighted by molar-refractivity contribution is 9.10. The van der Waals surface area contributed by atoms with Crippen molar-refractivity contribution in [2.24, 2.45) is 0 Å². The molecule has 0 aliphatic rings. The fourth-order valence-electron chi connectivity index (χ4n) is 1.71. The van der Waals surface area contributed by atoms with Crippen molar-refractivity contribution in [3.05, 3.63) is 64.6 Å². The van der Waals surface area contributed by atoms with Crippen LogP contribution in [-0.2, 0) is 10.1 Å². The Morgan fingerprint density at radius 1 is 1.20 bits per heavy atom. The molecule has 0 aliphatic carbocycles. The Bertz CT molecular complexity index is 751. The highest BCUT2D eigenvalue weighted by atomic mass is 79.9. The van der Waals surface area contributed by atoms with Crippen molar-refractivity contribution in [3.8, 4) is 5.75 Å². The third-order valence-corrected chi connectivity index (χ3v) is 4.94. The van der Waals surface area contributed by atoms with Gasteiger partial charge in [-0.2, -0.15) is 8.42 Å². The van der Waals surface area contributed by atoms with E-state index in [-0.39, 0.29) is 10.6 Å². The molecule has 0 saturated carbocycles. The van der Waals surface area contributed by atoms with Gasteiger partial charge in [-0.1, -0.05) is 36.4 Å². The van der Waals surface area contributed by atoms with Gasteiger partial charge < -0.3 is 4.18 Å². The van der Waals surface area contributed by atoms with Crippen LogP contribution in [0.25, 0.3) is 6.08 Å². The molecular formula is C15H13BrO3S. The lowest BCUT2D eigenvalue weighted by Crippen LogP contribution is -2.11. The van der Waals surface area contributed by atoms with E-state index in [4.69, 9.17) is 4.18 Å². The molecular weight excluding hydrogens is 340 g/mol. The average Bonchev–Trinajstić information content (AvgIpc) is 2.41. The second kappa shape index (κ2) is 5.81. The zero-order chi connectivity index (χ0) is 14.8. The fraction of sp³-hybridized carbons (Fsp3) is 0.0667. The Balaban J connectivity index is 2.44. The van der Waals surface area contributed by atoms with E-state index >= 15 is 0 Å². The van der Waals surface area contributed by atoms with E-state index in [1.165, 1.54) is 6.07 Å². The predicted molar refractivity (Wildman–Crippen MR) is 83.2 cm³/mol. The van der Waals surface area contributed by atoms with Crippen LogP contribution in [0.1, 0.15) is 11.1 Å². The van der Waals surface area contributed by atoms with E-state index in [1.54, 1.807) is 36.4 Å². The van der Waals surface area contributed by atoms with E-state index in [2.05, 4.69) is 22.5 Å². The summed E-state index contributed by atoms with van der Waals surface area (Å²) in [6.07, 6.45) is 1.57. The summed E-state index contributed by atoms with van der Waals surface area (Å²) in [5.74, 6) is 0.265. The number of benzene rings is 2. The summed E-state index contributed by atoms with van der Waals surface area (Å²) in [5.41, 5.74) is 1.64. The van der Waals surface area contributed by atoms with Gasteiger partial charge >= 0.3 is 10.1 Å². The van der Waals surface area contributed by atoms with E-state index in [0.717, 1.165) is 5.56 Å². The van der Waals surface area contributed by atoms with Crippen molar-refractivity contribution < 1.29 is 12.6 Å². The molecule has 3 nitrogen and oxygen atoms in total. The normalized spacial score (nSPS) is 11.1. The molecule has 2 rings (SSSR count). The predicted octanol–water partition coefficient (Wildman–Crippen LogP) is 4.17. The maximum atomic E-state index is 12.3. The Kier molecular flexibility index (Phi) is 4.30. The summed E-state index contributed by atoms with van der Waals surface area (Å²) in [4.78, 5) is 0.0931. The topological polar surface area (TPSA) is 43.4 Å². The van der Waals surface area contributed by atoms with Gasteiger partial charge in [0.15, 0.2) is 0 Å². The monoisotopic (exact) mass is 352 g/mol. The van der Waals surface area contributed by atoms with Crippen LogP contribution in [-0.4, -0.2) is 8.42 Å². The third kappa shape index (κ3) is 3.11. The lowest BCUT2D eigenvalue weighted by atomic mass is 10.1. The van der Waals surface area contributed by atoms with Crippen LogP contribution in [0.5, 0.6) is 5.75 Å². The minimum Gasteiger partial charge on any atom is -0.378 e. The maximum Gasteiger partial charge on any atom is 0.340 e. The number of rotatable bonds is 4. The third-order valence-electron chi connectivity index (χ3n) is 2.69. The van der Waals surface area contributed by atoms with Crippen LogP contribution >= 0.6 is 15.9 Å². The first-order chi connectivity index (χ1) is 9.44. The van der Waals surface area contributed by atoms with Crippen LogP contribution in [0.4, 0.5) is 0 Å². The molecule has 0 bridgehead atoms. The average molecular weight is 353 g/mol. The Morgan fingerprint density at radius 2 is 1.90 bits per heavy atom. The van der Waals surface area contributed by atoms with Crippen molar-refractivity contribution in [2.45, 2.75) is 11.8 Å². The second-order valence-electron chi connectivity index (χ2n) is 4.21. The zero-order valence-electron chi connectivity index (χ0n) is 10.8. The molecule has 20 heavy (non-hydrogen) atoms. The Labute approximate surface area is 127 Å². The summed E-state index contributed by atoms with van der Waals surface area (Å²) in [5, 5.41) is 0. The summed E-state index contributed by atoms with van der Waals surface area (Å²) in [6, 6.07) is 11.8. The van der Waals surface area contributed by atoms with Crippen molar-refractivity contribution >= 4 is 32.1 Å². The molecule has 0 N–H and O–H groups in total. The molecule has 0 radical (unpaired) electrons. The number of aryl methyl sites for hydroxylation is 1. The molecule has 0 atom stereocenters. The highest BCUT2D eigenvalue weighted by Crippen LogP contribution is 2.28. The number of hydrogen-bond donors (Lipinski definition) is 0. The molecule has 0 heterocycles. The van der Waals surface area contributed by atoms with Crippen LogP contribution < -0.4 is 4.18 Å². The quantitative estimate of drug-likeness (QED) is 0.775. The van der Waals surface area contributed by atoms with Crippen LogP contribution in [0.15, 0.2) is 58.4 Å². The van der Waals surface area contributed by atoms with Gasteiger partial charge in [-0.25, -0.2) is 0 Å². The van der Waals surface area contributed by atoms with Gasteiger partial charge in [0.1, 0.15) is 10.6 Å². The summed E-state index contributed by atoms with van der Waals surface area (Å²) >= 11 is 3.21. The standard InChI is InChI=1S/C15H13BrO3S/c1-3-12-10-11(2)8-9-14(12)19-20(17,18)15-7-5-4-6-13(15)16/h3-10H,1H2,2H3. The zero-order valence-corrected chi connectivity index (χ0v) is 13.2. The number of hydrogen-bond acceptors (Lipinski definition) is 3. The first kappa shape index (κ1) is 14.8. The van der Waals surface area contributed by atoms with Crippen molar-refractivity contribution in [2.75, 3.05) is 0 Å². The molecule has 0 spiro atoms. The van der Waals surface area contributed by atoms with E-state index in [9.17, 15) is 8.42 Å². The highest BCUT2D eigenvalue weighted by Gasteiger charge is 2.20. The summed E-state index contributed by atoms with van der Waals surface area (Å²) in [7, 11) is -3.88. The van der Waals surface area contributed by atoms with Gasteiger partial charge in [0.2, 0.25) is 0 Å². The minimum absolute atomic E-state index is 0.0931. The molecule has 104 valence electrons. The molecule has 0 aromatic heterocycles. The minimum atomic E-state index is -3.88. The molecule has 0 unspecified atom stereocenters. The van der Waals surface area contributed by atoms with Gasteiger partial charge in [-0.15, -0.1) is 0 Å². The Morgan fingerprint density at radius 3 is 2.55 bits per heavy atom. The van der Waals surface area contributed by atoms with Gasteiger partial charge in [-0.3, -0.25) is 0 Å². The van der Waals surface area contributed by atoms with Gasteiger partial charge in [0.25, 0.3) is 0 Å². The molecule has 0 fully saturated rings. The van der Waals surface area contributed by atoms with Gasteiger partial charge in [0, 0.05) is 10.0 Å². The molecule has 0 amide bonds. The van der Waals surface area contributed by atoms with Crippen molar-refractivity contribution in [1.82, 2.24) is 0 Å². The van der Waals surface area contributed by atoms with E-state index < -0.39 is 10.1 Å². The van der Waals surface area contributed by atoms with E-state index in [1.807, 2.05) is 13.0 Å². The summed E-state index contributed by atoms with van der Waals surface area (Å²) in [6.45, 7) is 5.58. The lowest BCUT2D eigenvalue weighted by Gasteiger charge is -2.11. The largest absolute Gasteiger partial charge is 0.378 e. The fourth-order valence-corrected chi connectivity index (χ4v) is 3.62. The SMILES string of the molecule is C=Cc1cc(C)ccc1OS(=O)(=O)c1ccccc1Br. The number of halogens is 1. The summed E-state index contributed by atoms with van der Waals surface area (Å²) < 4.78 is 30.3. The van der Waals surface area contributed by atoms with E-state index in [0.29, 0.717) is 10.0 Å². The van der Waals surface area contributed by atoms with Crippen LogP contribution in [0, 0.1) is 6.92 Å². The van der Waals surface area contributed by atoms with Gasteiger partial charge in [-0.05, 0) is 47.1 Å². The molecule has 2 aromatic rings.